The zero-order valence-corrected chi connectivity index (χ0v) is 7.11. The summed E-state index contributed by atoms with van der Waals surface area (Å²) in [5, 5.41) is 0. The van der Waals surface area contributed by atoms with Crippen molar-refractivity contribution in [3.05, 3.63) is 30.1 Å². The van der Waals surface area contributed by atoms with Gasteiger partial charge in [0.05, 0.1) is 16.6 Å². The number of alkyl halides is 1. The van der Waals surface area contributed by atoms with E-state index >= 15 is 0 Å². The van der Waals surface area contributed by atoms with Crippen LogP contribution in [0, 0.1) is 5.82 Å². The molecule has 0 N–H and O–H groups in total. The minimum absolute atomic E-state index is 0.0222. The van der Waals surface area contributed by atoms with Gasteiger partial charge in [-0.05, 0) is 24.3 Å². The Morgan fingerprint density at radius 1 is 1.25 bits per heavy atom. The van der Waals surface area contributed by atoms with E-state index in [4.69, 9.17) is 0 Å². The topological polar surface area (TPSA) is 17.1 Å². The summed E-state index contributed by atoms with van der Waals surface area (Å²) in [6.07, 6.45) is 0. The van der Waals surface area contributed by atoms with Crippen LogP contribution in [0.15, 0.2) is 29.2 Å². The van der Waals surface area contributed by atoms with Crippen molar-refractivity contribution >= 4 is 10.8 Å². The average Bonchev–Trinajstić information content (AvgIpc) is 2.06. The normalized spacial score (nSPS) is 12.8. The molecule has 1 aromatic rings. The molecule has 66 valence electrons. The summed E-state index contributed by atoms with van der Waals surface area (Å²) in [6.45, 7) is -0.621. The van der Waals surface area contributed by atoms with E-state index in [0.29, 0.717) is 4.90 Å². The molecule has 0 amide bonds. The molecule has 12 heavy (non-hydrogen) atoms. The Kier molecular flexibility index (Phi) is 3.34. The van der Waals surface area contributed by atoms with Crippen LogP contribution in [0.2, 0.25) is 0 Å². The molecule has 0 aliphatic rings. The van der Waals surface area contributed by atoms with Gasteiger partial charge in [-0.1, -0.05) is 0 Å². The van der Waals surface area contributed by atoms with Crippen LogP contribution in [0.3, 0.4) is 0 Å². The van der Waals surface area contributed by atoms with Gasteiger partial charge < -0.3 is 0 Å². The predicted octanol–water partition coefficient (Wildman–Crippen LogP) is 1.90. The Balaban J connectivity index is 2.75. The Labute approximate surface area is 71.9 Å². The molecule has 1 atom stereocenters. The maximum absolute atomic E-state index is 12.4. The van der Waals surface area contributed by atoms with Crippen molar-refractivity contribution in [1.82, 2.24) is 0 Å². The Bertz CT molecular complexity index is 271. The molecule has 0 fully saturated rings. The highest BCUT2D eigenvalue weighted by Gasteiger charge is 2.02. The Hall–Kier alpha value is -0.770. The van der Waals surface area contributed by atoms with E-state index in [1.54, 1.807) is 0 Å². The SMILES string of the molecule is O=S(CCF)c1ccc(F)cc1. The monoisotopic (exact) mass is 190 g/mol. The molecule has 1 unspecified atom stereocenters. The van der Waals surface area contributed by atoms with Crippen LogP contribution in [-0.4, -0.2) is 16.6 Å². The first-order valence-corrected chi connectivity index (χ1v) is 4.76. The van der Waals surface area contributed by atoms with E-state index in [1.807, 2.05) is 0 Å². The van der Waals surface area contributed by atoms with E-state index in [9.17, 15) is 13.0 Å². The van der Waals surface area contributed by atoms with Crippen molar-refractivity contribution in [2.45, 2.75) is 4.90 Å². The van der Waals surface area contributed by atoms with Crippen LogP contribution in [0.5, 0.6) is 0 Å². The first-order chi connectivity index (χ1) is 5.74. The molecule has 1 aromatic carbocycles. The minimum atomic E-state index is -1.33. The summed E-state index contributed by atoms with van der Waals surface area (Å²) in [5.41, 5.74) is 0. The second kappa shape index (κ2) is 4.30. The molecule has 0 bridgehead atoms. The fourth-order valence-corrected chi connectivity index (χ4v) is 1.59. The molecule has 0 radical (unpaired) electrons. The number of benzene rings is 1. The first kappa shape index (κ1) is 9.32. The number of hydrogen-bond donors (Lipinski definition) is 0. The highest BCUT2D eigenvalue weighted by atomic mass is 32.2. The third kappa shape index (κ3) is 2.37. The van der Waals surface area contributed by atoms with Gasteiger partial charge in [0, 0.05) is 4.90 Å². The molecular weight excluding hydrogens is 182 g/mol. The summed E-state index contributed by atoms with van der Waals surface area (Å²) in [4.78, 5) is 0.467. The summed E-state index contributed by atoms with van der Waals surface area (Å²) < 4.78 is 35.2. The van der Waals surface area contributed by atoms with Crippen molar-refractivity contribution in [2.24, 2.45) is 0 Å². The van der Waals surface area contributed by atoms with E-state index in [-0.39, 0.29) is 11.6 Å². The van der Waals surface area contributed by atoms with Crippen molar-refractivity contribution in [3.63, 3.8) is 0 Å². The Morgan fingerprint density at radius 2 is 1.83 bits per heavy atom. The molecule has 0 aliphatic heterocycles. The number of hydrogen-bond acceptors (Lipinski definition) is 1. The van der Waals surface area contributed by atoms with E-state index < -0.39 is 17.5 Å². The zero-order valence-electron chi connectivity index (χ0n) is 6.30. The van der Waals surface area contributed by atoms with Crippen molar-refractivity contribution in [3.8, 4) is 0 Å². The molecule has 0 aromatic heterocycles. The summed E-state index contributed by atoms with van der Waals surface area (Å²) in [6, 6.07) is 5.24. The summed E-state index contributed by atoms with van der Waals surface area (Å²) in [7, 11) is -1.33. The third-order valence-corrected chi connectivity index (χ3v) is 2.66. The Morgan fingerprint density at radius 3 is 2.33 bits per heavy atom. The fraction of sp³-hybridized carbons (Fsp3) is 0.250. The third-order valence-electron chi connectivity index (χ3n) is 1.34. The largest absolute Gasteiger partial charge is 0.254 e. The van der Waals surface area contributed by atoms with Crippen LogP contribution in [0.25, 0.3) is 0 Å². The molecule has 0 saturated heterocycles. The molecule has 1 rings (SSSR count). The van der Waals surface area contributed by atoms with Gasteiger partial charge in [0.15, 0.2) is 0 Å². The molecular formula is C8H8F2OS. The highest BCUT2D eigenvalue weighted by Crippen LogP contribution is 2.07. The maximum atomic E-state index is 12.4. The molecule has 0 saturated carbocycles. The molecule has 0 aliphatic carbocycles. The molecule has 1 nitrogen and oxygen atoms in total. The first-order valence-electron chi connectivity index (χ1n) is 3.44. The van der Waals surface area contributed by atoms with E-state index in [0.717, 1.165) is 0 Å². The number of halogens is 2. The van der Waals surface area contributed by atoms with Crippen LogP contribution >= 0.6 is 0 Å². The van der Waals surface area contributed by atoms with Gasteiger partial charge in [-0.15, -0.1) is 0 Å². The zero-order chi connectivity index (χ0) is 8.97. The van der Waals surface area contributed by atoms with Gasteiger partial charge in [-0.3, -0.25) is 8.60 Å². The lowest BCUT2D eigenvalue weighted by Crippen LogP contribution is -1.99. The maximum Gasteiger partial charge on any atom is 0.123 e. The van der Waals surface area contributed by atoms with E-state index in [1.165, 1.54) is 24.3 Å². The van der Waals surface area contributed by atoms with Crippen LogP contribution in [-0.2, 0) is 10.8 Å². The lowest BCUT2D eigenvalue weighted by molar-refractivity contribution is 0.528. The van der Waals surface area contributed by atoms with Crippen molar-refractivity contribution in [2.75, 3.05) is 12.4 Å². The molecule has 0 spiro atoms. The standard InChI is InChI=1S/C8H8F2OS/c9-5-6-12(11)8-3-1-7(10)2-4-8/h1-4H,5-6H2. The molecule has 0 heterocycles. The lowest BCUT2D eigenvalue weighted by atomic mass is 10.4. The van der Waals surface area contributed by atoms with Gasteiger partial charge in [0.25, 0.3) is 0 Å². The highest BCUT2D eigenvalue weighted by molar-refractivity contribution is 7.85. The van der Waals surface area contributed by atoms with Crippen LogP contribution in [0.1, 0.15) is 0 Å². The number of rotatable bonds is 3. The van der Waals surface area contributed by atoms with Gasteiger partial charge >= 0.3 is 0 Å². The predicted molar refractivity (Wildman–Crippen MR) is 43.7 cm³/mol. The van der Waals surface area contributed by atoms with Crippen LogP contribution < -0.4 is 0 Å². The average molecular weight is 190 g/mol. The van der Waals surface area contributed by atoms with Gasteiger partial charge in [-0.25, -0.2) is 4.39 Å². The van der Waals surface area contributed by atoms with Gasteiger partial charge in [0.1, 0.15) is 12.5 Å². The lowest BCUT2D eigenvalue weighted by Gasteiger charge is -1.97. The fourth-order valence-electron chi connectivity index (χ4n) is 0.774. The smallest absolute Gasteiger partial charge is 0.123 e. The van der Waals surface area contributed by atoms with E-state index in [2.05, 4.69) is 0 Å². The van der Waals surface area contributed by atoms with Gasteiger partial charge in [0.2, 0.25) is 0 Å². The van der Waals surface area contributed by atoms with Crippen molar-refractivity contribution < 1.29 is 13.0 Å². The summed E-state index contributed by atoms with van der Waals surface area (Å²) in [5.74, 6) is -0.401. The minimum Gasteiger partial charge on any atom is -0.254 e. The second-order valence-electron chi connectivity index (χ2n) is 2.19. The van der Waals surface area contributed by atoms with Gasteiger partial charge in [-0.2, -0.15) is 0 Å². The summed E-state index contributed by atoms with van der Waals surface area (Å²) >= 11 is 0. The quantitative estimate of drug-likeness (QED) is 0.711. The second-order valence-corrected chi connectivity index (χ2v) is 3.76. The van der Waals surface area contributed by atoms with Crippen molar-refractivity contribution in [1.29, 1.82) is 0 Å². The molecule has 4 heteroatoms. The van der Waals surface area contributed by atoms with Crippen LogP contribution in [0.4, 0.5) is 8.78 Å².